The molecule has 114 valence electrons. The van der Waals surface area contributed by atoms with Crippen LogP contribution in [0.4, 0.5) is 0 Å². The second-order valence-corrected chi connectivity index (χ2v) is 6.62. The average molecular weight is 277 g/mol. The lowest BCUT2D eigenvalue weighted by atomic mass is 9.83. The molecular weight excluding hydrogens is 246 g/mol. The van der Waals surface area contributed by atoms with E-state index in [1.807, 2.05) is 6.07 Å². The molecule has 2 heteroatoms. The van der Waals surface area contributed by atoms with Crippen molar-refractivity contribution in [2.45, 2.75) is 59.4 Å². The highest BCUT2D eigenvalue weighted by Crippen LogP contribution is 2.24. The third kappa shape index (κ3) is 5.96. The zero-order valence-electron chi connectivity index (χ0n) is 13.8. The van der Waals surface area contributed by atoms with E-state index >= 15 is 0 Å². The van der Waals surface area contributed by atoms with Crippen molar-refractivity contribution in [3.8, 4) is 5.75 Å². The lowest BCUT2D eigenvalue weighted by Crippen LogP contribution is -2.40. The van der Waals surface area contributed by atoms with Crippen LogP contribution in [0.1, 0.15) is 52.5 Å². The first-order chi connectivity index (χ1) is 9.47. The van der Waals surface area contributed by atoms with E-state index in [2.05, 4.69) is 51.2 Å². The van der Waals surface area contributed by atoms with Gasteiger partial charge in [-0.05, 0) is 55.3 Å². The van der Waals surface area contributed by atoms with E-state index in [9.17, 15) is 0 Å². The van der Waals surface area contributed by atoms with Crippen LogP contribution < -0.4 is 10.1 Å². The second kappa shape index (κ2) is 8.31. The number of ether oxygens (including phenoxy) is 1. The van der Waals surface area contributed by atoms with Crippen molar-refractivity contribution < 1.29 is 4.74 Å². The van der Waals surface area contributed by atoms with Crippen molar-refractivity contribution in [1.82, 2.24) is 5.32 Å². The number of hydrogen-bond donors (Lipinski definition) is 1. The van der Waals surface area contributed by atoms with Gasteiger partial charge in [-0.25, -0.2) is 0 Å². The summed E-state index contributed by atoms with van der Waals surface area (Å²) in [6, 6.07) is 9.00. The van der Waals surface area contributed by atoms with Gasteiger partial charge in [0, 0.05) is 6.04 Å². The molecule has 1 aromatic rings. The quantitative estimate of drug-likeness (QED) is 0.759. The highest BCUT2D eigenvalue weighted by molar-refractivity contribution is 5.28. The Balaban J connectivity index is 2.46. The third-order valence-electron chi connectivity index (χ3n) is 3.78. The molecule has 0 radical (unpaired) electrons. The lowest BCUT2D eigenvalue weighted by molar-refractivity contribution is 0.251. The van der Waals surface area contributed by atoms with Crippen LogP contribution >= 0.6 is 0 Å². The van der Waals surface area contributed by atoms with Gasteiger partial charge in [-0.2, -0.15) is 0 Å². The summed E-state index contributed by atoms with van der Waals surface area (Å²) in [5.74, 6) is 0.957. The molecule has 20 heavy (non-hydrogen) atoms. The summed E-state index contributed by atoms with van der Waals surface area (Å²) in [7, 11) is 1.73. The first-order valence-electron chi connectivity index (χ1n) is 7.83. The van der Waals surface area contributed by atoms with Crippen molar-refractivity contribution in [2.24, 2.45) is 5.41 Å². The van der Waals surface area contributed by atoms with Crippen molar-refractivity contribution in [2.75, 3.05) is 13.7 Å². The van der Waals surface area contributed by atoms with E-state index in [4.69, 9.17) is 4.74 Å². The Morgan fingerprint density at radius 3 is 2.60 bits per heavy atom. The number of benzene rings is 1. The van der Waals surface area contributed by atoms with Crippen LogP contribution in [0.3, 0.4) is 0 Å². The van der Waals surface area contributed by atoms with Crippen LogP contribution in [0.25, 0.3) is 0 Å². The summed E-state index contributed by atoms with van der Waals surface area (Å²) in [6.45, 7) is 10.3. The van der Waals surface area contributed by atoms with E-state index in [-0.39, 0.29) is 0 Å². The molecule has 0 aromatic heterocycles. The number of hydrogen-bond acceptors (Lipinski definition) is 2. The van der Waals surface area contributed by atoms with Gasteiger partial charge in [0.15, 0.2) is 0 Å². The molecule has 0 aliphatic heterocycles. The van der Waals surface area contributed by atoms with Crippen molar-refractivity contribution >= 4 is 0 Å². The molecular formula is C18H31NO. The maximum Gasteiger partial charge on any atom is 0.119 e. The largest absolute Gasteiger partial charge is 0.497 e. The summed E-state index contributed by atoms with van der Waals surface area (Å²) in [6.07, 6.45) is 4.76. The van der Waals surface area contributed by atoms with Gasteiger partial charge in [0.25, 0.3) is 0 Å². The molecule has 0 heterocycles. The van der Waals surface area contributed by atoms with Crippen LogP contribution in [0.15, 0.2) is 24.3 Å². The van der Waals surface area contributed by atoms with Gasteiger partial charge in [-0.15, -0.1) is 0 Å². The standard InChI is InChI=1S/C18H31NO/c1-6-13-19-17(18(2,3)4)12-8-10-15-9-7-11-16(14-15)20-5/h7,9,11,14,17,19H,6,8,10,12-13H2,1-5H3. The van der Waals surface area contributed by atoms with Gasteiger partial charge in [0.2, 0.25) is 0 Å². The van der Waals surface area contributed by atoms with E-state index < -0.39 is 0 Å². The molecule has 1 atom stereocenters. The Labute approximate surface area is 124 Å². The van der Waals surface area contributed by atoms with Gasteiger partial charge in [-0.1, -0.05) is 39.8 Å². The van der Waals surface area contributed by atoms with Gasteiger partial charge < -0.3 is 10.1 Å². The molecule has 1 N–H and O–H groups in total. The SMILES string of the molecule is CCCNC(CCCc1cccc(OC)c1)C(C)(C)C. The summed E-state index contributed by atoms with van der Waals surface area (Å²) in [5.41, 5.74) is 1.69. The van der Waals surface area contributed by atoms with Gasteiger partial charge in [0.05, 0.1) is 7.11 Å². The van der Waals surface area contributed by atoms with Crippen LogP contribution in [0.5, 0.6) is 5.75 Å². The Morgan fingerprint density at radius 1 is 1.25 bits per heavy atom. The normalized spacial score (nSPS) is 13.2. The Hall–Kier alpha value is -1.02. The molecule has 0 fully saturated rings. The average Bonchev–Trinajstić information content (AvgIpc) is 2.41. The molecule has 1 rings (SSSR count). The highest BCUT2D eigenvalue weighted by atomic mass is 16.5. The Kier molecular flexibility index (Phi) is 7.08. The molecule has 0 bridgehead atoms. The number of rotatable bonds is 8. The number of nitrogens with one attached hydrogen (secondary N) is 1. The van der Waals surface area contributed by atoms with Crippen LogP contribution in [-0.4, -0.2) is 19.7 Å². The molecule has 1 unspecified atom stereocenters. The van der Waals surface area contributed by atoms with Crippen molar-refractivity contribution in [3.63, 3.8) is 0 Å². The zero-order chi connectivity index (χ0) is 15.0. The highest BCUT2D eigenvalue weighted by Gasteiger charge is 2.23. The van der Waals surface area contributed by atoms with Crippen LogP contribution in [0.2, 0.25) is 0 Å². The van der Waals surface area contributed by atoms with Gasteiger partial charge in [-0.3, -0.25) is 0 Å². The maximum atomic E-state index is 5.28. The molecule has 0 aliphatic rings. The smallest absolute Gasteiger partial charge is 0.119 e. The summed E-state index contributed by atoms with van der Waals surface area (Å²) >= 11 is 0. The fraction of sp³-hybridized carbons (Fsp3) is 0.667. The van der Waals surface area contributed by atoms with Crippen LogP contribution in [0, 0.1) is 5.41 Å². The maximum absolute atomic E-state index is 5.28. The minimum absolute atomic E-state index is 0.323. The summed E-state index contributed by atoms with van der Waals surface area (Å²) in [4.78, 5) is 0. The predicted octanol–water partition coefficient (Wildman–Crippen LogP) is 4.43. The minimum Gasteiger partial charge on any atom is -0.497 e. The summed E-state index contributed by atoms with van der Waals surface area (Å²) in [5, 5.41) is 3.69. The summed E-state index contributed by atoms with van der Waals surface area (Å²) < 4.78 is 5.28. The molecule has 0 amide bonds. The van der Waals surface area contributed by atoms with E-state index in [1.165, 1.54) is 24.8 Å². The van der Waals surface area contributed by atoms with E-state index in [0.29, 0.717) is 11.5 Å². The number of methoxy groups -OCH3 is 1. The first kappa shape index (κ1) is 17.0. The lowest BCUT2D eigenvalue weighted by Gasteiger charge is -2.32. The van der Waals surface area contributed by atoms with Gasteiger partial charge >= 0.3 is 0 Å². The monoisotopic (exact) mass is 277 g/mol. The van der Waals surface area contributed by atoms with Crippen molar-refractivity contribution in [1.29, 1.82) is 0 Å². The molecule has 0 saturated heterocycles. The molecule has 0 aliphatic carbocycles. The van der Waals surface area contributed by atoms with E-state index in [0.717, 1.165) is 18.7 Å². The van der Waals surface area contributed by atoms with Crippen molar-refractivity contribution in [3.05, 3.63) is 29.8 Å². The predicted molar refractivity (Wildman–Crippen MR) is 87.5 cm³/mol. The third-order valence-corrected chi connectivity index (χ3v) is 3.78. The van der Waals surface area contributed by atoms with E-state index in [1.54, 1.807) is 7.11 Å². The molecule has 2 nitrogen and oxygen atoms in total. The Bertz CT molecular complexity index is 381. The molecule has 0 saturated carbocycles. The first-order valence-corrected chi connectivity index (χ1v) is 7.83. The molecule has 0 spiro atoms. The zero-order valence-corrected chi connectivity index (χ0v) is 13.8. The topological polar surface area (TPSA) is 21.3 Å². The van der Waals surface area contributed by atoms with Gasteiger partial charge in [0.1, 0.15) is 5.75 Å². The fourth-order valence-electron chi connectivity index (χ4n) is 2.50. The Morgan fingerprint density at radius 2 is 2.00 bits per heavy atom. The fourth-order valence-corrected chi connectivity index (χ4v) is 2.50. The molecule has 1 aromatic carbocycles. The minimum atomic E-state index is 0.323. The number of aryl methyl sites for hydroxylation is 1. The second-order valence-electron chi connectivity index (χ2n) is 6.62. The van der Waals surface area contributed by atoms with Crippen LogP contribution in [-0.2, 0) is 6.42 Å².